The van der Waals surface area contributed by atoms with Crippen LogP contribution in [0, 0.1) is 0 Å². The van der Waals surface area contributed by atoms with Gasteiger partial charge in [-0.3, -0.25) is 0 Å². The highest BCUT2D eigenvalue weighted by atomic mass is 16.5. The van der Waals surface area contributed by atoms with Crippen molar-refractivity contribution in [3.8, 4) is 11.5 Å². The first kappa shape index (κ1) is 10.8. The Kier molecular flexibility index (Phi) is 3.29. The second kappa shape index (κ2) is 4.28. The van der Waals surface area contributed by atoms with E-state index in [9.17, 15) is 5.11 Å². The van der Waals surface area contributed by atoms with Gasteiger partial charge in [-0.1, -0.05) is 6.07 Å². The summed E-state index contributed by atoms with van der Waals surface area (Å²) in [5, 5.41) is 37.4. The van der Waals surface area contributed by atoms with Gasteiger partial charge < -0.3 is 20.5 Å². The van der Waals surface area contributed by atoms with E-state index in [0.29, 0.717) is 5.56 Å². The van der Waals surface area contributed by atoms with Crippen molar-refractivity contribution in [3.63, 3.8) is 0 Å². The van der Waals surface area contributed by atoms with E-state index in [1.165, 1.54) is 25.2 Å². The van der Waals surface area contributed by atoms with Crippen LogP contribution in [0.5, 0.6) is 11.5 Å². The molecule has 0 saturated heterocycles. The summed E-state index contributed by atoms with van der Waals surface area (Å²) >= 11 is 0. The van der Waals surface area contributed by atoms with Gasteiger partial charge in [0, 0.05) is 7.05 Å². The minimum absolute atomic E-state index is 0.0320. The van der Waals surface area contributed by atoms with E-state index in [2.05, 4.69) is 0 Å². The van der Waals surface area contributed by atoms with Gasteiger partial charge in [-0.25, -0.2) is 0 Å². The summed E-state index contributed by atoms with van der Waals surface area (Å²) in [5.41, 5.74) is 0.432. The van der Waals surface area contributed by atoms with Crippen LogP contribution in [0.1, 0.15) is 11.7 Å². The third-order valence-electron chi connectivity index (χ3n) is 1.82. The Morgan fingerprint density at radius 1 is 1.29 bits per heavy atom. The molecule has 1 rings (SSSR count). The zero-order valence-corrected chi connectivity index (χ0v) is 7.75. The molecule has 4 N–H and O–H groups in total. The quantitative estimate of drug-likeness (QED) is 0.419. The third kappa shape index (κ3) is 2.59. The Morgan fingerprint density at radius 2 is 1.93 bits per heavy atom. The molecule has 0 bridgehead atoms. The number of aliphatic hydroxyl groups excluding tert-OH is 1. The first-order valence-corrected chi connectivity index (χ1v) is 4.10. The number of aromatic hydroxyl groups is 2. The lowest BCUT2D eigenvalue weighted by atomic mass is 10.1. The van der Waals surface area contributed by atoms with Crippen molar-refractivity contribution < 1.29 is 20.5 Å². The average molecular weight is 199 g/mol. The Hall–Kier alpha value is -1.30. The van der Waals surface area contributed by atoms with E-state index >= 15 is 0 Å². The monoisotopic (exact) mass is 199 g/mol. The maximum Gasteiger partial charge on any atom is 0.157 e. The smallest absolute Gasteiger partial charge is 0.157 e. The molecule has 0 fully saturated rings. The fourth-order valence-electron chi connectivity index (χ4n) is 1.10. The summed E-state index contributed by atoms with van der Waals surface area (Å²) in [7, 11) is 1.41. The average Bonchev–Trinajstić information content (AvgIpc) is 2.08. The highest BCUT2D eigenvalue weighted by Crippen LogP contribution is 2.27. The van der Waals surface area contributed by atoms with E-state index < -0.39 is 6.10 Å². The molecule has 0 aliphatic carbocycles. The van der Waals surface area contributed by atoms with Crippen LogP contribution < -0.4 is 0 Å². The van der Waals surface area contributed by atoms with Crippen molar-refractivity contribution >= 4 is 0 Å². The summed E-state index contributed by atoms with van der Waals surface area (Å²) in [6, 6.07) is 4.01. The number of hydrogen-bond acceptors (Lipinski definition) is 5. The minimum atomic E-state index is -0.906. The Morgan fingerprint density at radius 3 is 2.43 bits per heavy atom. The maximum atomic E-state index is 9.51. The van der Waals surface area contributed by atoms with E-state index in [1.54, 1.807) is 0 Å². The predicted octanol–water partition coefficient (Wildman–Crippen LogP) is 0.452. The van der Waals surface area contributed by atoms with E-state index in [0.717, 1.165) is 5.06 Å². The zero-order chi connectivity index (χ0) is 10.7. The lowest BCUT2D eigenvalue weighted by Crippen LogP contribution is -2.20. The molecule has 0 amide bonds. The normalized spacial score (nSPS) is 13.1. The van der Waals surface area contributed by atoms with Crippen LogP contribution in [-0.2, 0) is 0 Å². The molecule has 0 spiro atoms. The number of rotatable bonds is 3. The molecule has 14 heavy (non-hydrogen) atoms. The molecular weight excluding hydrogens is 186 g/mol. The lowest BCUT2D eigenvalue weighted by molar-refractivity contribution is -0.0906. The first-order chi connectivity index (χ1) is 6.50. The van der Waals surface area contributed by atoms with Crippen LogP contribution in [0.2, 0.25) is 0 Å². The number of nitrogens with zero attached hydrogens (tertiary/aromatic N) is 1. The van der Waals surface area contributed by atoms with Crippen molar-refractivity contribution in [1.82, 2.24) is 5.06 Å². The van der Waals surface area contributed by atoms with Gasteiger partial charge >= 0.3 is 0 Å². The number of hydrogen-bond donors (Lipinski definition) is 4. The maximum absolute atomic E-state index is 9.51. The van der Waals surface area contributed by atoms with Gasteiger partial charge in [-0.15, -0.1) is 0 Å². The summed E-state index contributed by atoms with van der Waals surface area (Å²) in [4.78, 5) is 0. The van der Waals surface area contributed by atoms with Crippen LogP contribution in [0.4, 0.5) is 0 Å². The van der Waals surface area contributed by atoms with E-state index in [4.69, 9.17) is 15.4 Å². The van der Waals surface area contributed by atoms with Crippen LogP contribution in [-0.4, -0.2) is 39.2 Å². The number of aliphatic hydroxyl groups is 1. The number of benzene rings is 1. The second-order valence-corrected chi connectivity index (χ2v) is 3.10. The summed E-state index contributed by atoms with van der Waals surface area (Å²) in [6.07, 6.45) is -0.906. The van der Waals surface area contributed by atoms with Crippen molar-refractivity contribution in [2.24, 2.45) is 0 Å². The van der Waals surface area contributed by atoms with Gasteiger partial charge in [0.25, 0.3) is 0 Å². The van der Waals surface area contributed by atoms with Crippen LogP contribution in [0.25, 0.3) is 0 Å². The molecule has 1 aromatic carbocycles. The van der Waals surface area contributed by atoms with Gasteiger partial charge in [0.15, 0.2) is 11.5 Å². The standard InChI is InChI=1S/C9H13NO4/c1-10(14)5-9(13)6-2-3-7(11)8(12)4-6/h2-4,9,11-14H,5H2,1H3. The van der Waals surface area contributed by atoms with Crippen LogP contribution in [0.15, 0.2) is 18.2 Å². The SMILES string of the molecule is CN(O)CC(O)c1ccc(O)c(O)c1. The number of phenolic OH excluding ortho intramolecular Hbond substituents is 2. The molecule has 0 radical (unpaired) electrons. The van der Waals surface area contributed by atoms with Crippen molar-refractivity contribution in [2.45, 2.75) is 6.10 Å². The number of phenols is 2. The second-order valence-electron chi connectivity index (χ2n) is 3.10. The van der Waals surface area contributed by atoms with Crippen LogP contribution in [0.3, 0.4) is 0 Å². The molecule has 78 valence electrons. The molecule has 1 unspecified atom stereocenters. The molecule has 5 nitrogen and oxygen atoms in total. The van der Waals surface area contributed by atoms with Gasteiger partial charge in [0.2, 0.25) is 0 Å². The molecule has 0 saturated carbocycles. The van der Waals surface area contributed by atoms with E-state index in [-0.39, 0.29) is 18.0 Å². The Labute approximate surface area is 81.4 Å². The molecule has 0 aliphatic rings. The Bertz CT molecular complexity index is 314. The van der Waals surface area contributed by atoms with E-state index in [1.807, 2.05) is 0 Å². The van der Waals surface area contributed by atoms with Crippen molar-refractivity contribution in [1.29, 1.82) is 0 Å². The molecule has 1 atom stereocenters. The molecule has 1 aromatic rings. The van der Waals surface area contributed by atoms with Crippen molar-refractivity contribution in [3.05, 3.63) is 23.8 Å². The largest absolute Gasteiger partial charge is 0.504 e. The fraction of sp³-hybridized carbons (Fsp3) is 0.333. The highest BCUT2D eigenvalue weighted by molar-refractivity contribution is 5.41. The highest BCUT2D eigenvalue weighted by Gasteiger charge is 2.11. The van der Waals surface area contributed by atoms with Gasteiger partial charge in [-0.2, -0.15) is 5.06 Å². The molecule has 0 heterocycles. The van der Waals surface area contributed by atoms with Gasteiger partial charge in [0.1, 0.15) is 0 Å². The number of likely N-dealkylation sites (N-methyl/N-ethyl adjacent to an activating group) is 1. The van der Waals surface area contributed by atoms with Gasteiger partial charge in [-0.05, 0) is 17.7 Å². The fourth-order valence-corrected chi connectivity index (χ4v) is 1.10. The Balaban J connectivity index is 2.80. The minimum Gasteiger partial charge on any atom is -0.504 e. The molecule has 5 heteroatoms. The summed E-state index contributed by atoms with van der Waals surface area (Å²) < 4.78 is 0. The number of hydroxylamine groups is 2. The third-order valence-corrected chi connectivity index (χ3v) is 1.82. The van der Waals surface area contributed by atoms with Gasteiger partial charge in [0.05, 0.1) is 12.6 Å². The summed E-state index contributed by atoms with van der Waals surface area (Å²) in [5.74, 6) is -0.527. The molecular formula is C9H13NO4. The topological polar surface area (TPSA) is 84.2 Å². The zero-order valence-electron chi connectivity index (χ0n) is 7.75. The summed E-state index contributed by atoms with van der Waals surface area (Å²) in [6.45, 7) is 0.0320. The van der Waals surface area contributed by atoms with Crippen LogP contribution >= 0.6 is 0 Å². The predicted molar refractivity (Wildman–Crippen MR) is 49.1 cm³/mol. The van der Waals surface area contributed by atoms with Crippen molar-refractivity contribution in [2.75, 3.05) is 13.6 Å². The molecule has 0 aromatic heterocycles. The molecule has 0 aliphatic heterocycles. The first-order valence-electron chi connectivity index (χ1n) is 4.10. The lowest BCUT2D eigenvalue weighted by Gasteiger charge is -2.15.